The Morgan fingerprint density at radius 2 is 1.95 bits per heavy atom. The van der Waals surface area contributed by atoms with Gasteiger partial charge in [-0.15, -0.1) is 0 Å². The molecule has 5 nitrogen and oxygen atoms in total. The lowest BCUT2D eigenvalue weighted by Gasteiger charge is -2.20. The molecule has 22 heavy (non-hydrogen) atoms. The largest absolute Gasteiger partial charge is 0.506 e. The Balaban J connectivity index is 2.18. The summed E-state index contributed by atoms with van der Waals surface area (Å²) in [6, 6.07) is 9.84. The van der Waals surface area contributed by atoms with Crippen molar-refractivity contribution in [1.82, 2.24) is 4.57 Å². The van der Waals surface area contributed by atoms with E-state index in [1.165, 1.54) is 10.6 Å². The molecule has 0 bridgehead atoms. The van der Waals surface area contributed by atoms with Crippen molar-refractivity contribution in [2.24, 2.45) is 0 Å². The first-order valence-corrected chi connectivity index (χ1v) is 7.06. The summed E-state index contributed by atoms with van der Waals surface area (Å²) >= 11 is 0. The summed E-state index contributed by atoms with van der Waals surface area (Å²) in [5.41, 5.74) is 1.01. The summed E-state index contributed by atoms with van der Waals surface area (Å²) in [6.45, 7) is 6.05. The van der Waals surface area contributed by atoms with E-state index >= 15 is 0 Å². The van der Waals surface area contributed by atoms with Gasteiger partial charge in [-0.05, 0) is 29.2 Å². The number of aromatic hydroxyl groups is 1. The summed E-state index contributed by atoms with van der Waals surface area (Å²) in [4.78, 5) is 23.7. The number of anilines is 1. The van der Waals surface area contributed by atoms with Crippen molar-refractivity contribution in [1.29, 1.82) is 0 Å². The van der Waals surface area contributed by atoms with Gasteiger partial charge in [-0.2, -0.15) is 0 Å². The van der Waals surface area contributed by atoms with E-state index in [0.717, 1.165) is 5.56 Å². The number of aromatic nitrogens is 1. The standard InChI is InChI=1S/C17H20N2O3/c1-17(2,3)12-7-8-14(20)13(10-12)18-15(21)11-19-9-5-4-6-16(19)22/h4-10,20H,11H2,1-3H3,(H,18,21). The Hall–Kier alpha value is -2.56. The van der Waals surface area contributed by atoms with E-state index in [2.05, 4.69) is 26.1 Å². The number of amides is 1. The van der Waals surface area contributed by atoms with Gasteiger partial charge in [-0.1, -0.05) is 32.9 Å². The highest BCUT2D eigenvalue weighted by atomic mass is 16.3. The molecule has 5 heteroatoms. The maximum atomic E-state index is 12.1. The van der Waals surface area contributed by atoms with Crippen LogP contribution in [0.4, 0.5) is 5.69 Å². The average molecular weight is 300 g/mol. The highest BCUT2D eigenvalue weighted by Crippen LogP contribution is 2.30. The normalized spacial score (nSPS) is 11.2. The number of phenols is 1. The molecule has 1 aromatic carbocycles. The summed E-state index contributed by atoms with van der Waals surface area (Å²) in [5, 5.41) is 12.5. The minimum absolute atomic E-state index is 0.00163. The van der Waals surface area contributed by atoms with Crippen LogP contribution in [0.15, 0.2) is 47.4 Å². The van der Waals surface area contributed by atoms with Gasteiger partial charge in [-0.3, -0.25) is 9.59 Å². The van der Waals surface area contributed by atoms with Crippen molar-refractivity contribution in [3.63, 3.8) is 0 Å². The number of carbonyl (C=O) groups excluding carboxylic acids is 1. The van der Waals surface area contributed by atoms with Crippen LogP contribution >= 0.6 is 0 Å². The number of pyridine rings is 1. The van der Waals surface area contributed by atoms with Crippen molar-refractivity contribution in [3.8, 4) is 5.75 Å². The lowest BCUT2D eigenvalue weighted by Crippen LogP contribution is -2.26. The molecule has 0 unspecified atom stereocenters. The second-order valence-corrected chi connectivity index (χ2v) is 6.20. The minimum Gasteiger partial charge on any atom is -0.506 e. The molecular weight excluding hydrogens is 280 g/mol. The van der Waals surface area contributed by atoms with E-state index < -0.39 is 0 Å². The number of nitrogens with zero attached hydrogens (tertiary/aromatic N) is 1. The minimum atomic E-state index is -0.366. The fourth-order valence-corrected chi connectivity index (χ4v) is 2.04. The van der Waals surface area contributed by atoms with Gasteiger partial charge in [0.2, 0.25) is 5.91 Å². The lowest BCUT2D eigenvalue weighted by molar-refractivity contribution is -0.116. The molecule has 2 aromatic rings. The van der Waals surface area contributed by atoms with E-state index in [9.17, 15) is 14.7 Å². The molecule has 1 heterocycles. The molecule has 0 saturated carbocycles. The Morgan fingerprint density at radius 1 is 1.23 bits per heavy atom. The third-order valence-corrected chi connectivity index (χ3v) is 3.35. The predicted molar refractivity (Wildman–Crippen MR) is 86.1 cm³/mol. The van der Waals surface area contributed by atoms with Gasteiger partial charge in [-0.25, -0.2) is 0 Å². The molecular formula is C17H20N2O3. The van der Waals surface area contributed by atoms with Gasteiger partial charge in [0.1, 0.15) is 12.3 Å². The number of rotatable bonds is 3. The number of hydrogen-bond acceptors (Lipinski definition) is 3. The Morgan fingerprint density at radius 3 is 2.59 bits per heavy atom. The van der Waals surface area contributed by atoms with Crippen molar-refractivity contribution in [2.75, 3.05) is 5.32 Å². The van der Waals surface area contributed by atoms with E-state index in [-0.39, 0.29) is 29.2 Å². The third kappa shape index (κ3) is 3.75. The van der Waals surface area contributed by atoms with Crippen LogP contribution in [-0.4, -0.2) is 15.6 Å². The van der Waals surface area contributed by atoms with E-state index in [1.54, 1.807) is 30.5 Å². The van der Waals surface area contributed by atoms with E-state index in [1.807, 2.05) is 6.07 Å². The molecule has 2 rings (SSSR count). The number of hydrogen-bond donors (Lipinski definition) is 2. The topological polar surface area (TPSA) is 71.3 Å². The van der Waals surface area contributed by atoms with Crippen molar-refractivity contribution in [3.05, 3.63) is 58.5 Å². The Labute approximate surface area is 129 Å². The zero-order valence-electron chi connectivity index (χ0n) is 13.0. The van der Waals surface area contributed by atoms with Crippen LogP contribution in [0.25, 0.3) is 0 Å². The van der Waals surface area contributed by atoms with Gasteiger partial charge < -0.3 is 15.0 Å². The quantitative estimate of drug-likeness (QED) is 0.856. The first-order valence-electron chi connectivity index (χ1n) is 7.06. The van der Waals surface area contributed by atoms with Crippen LogP contribution in [0.5, 0.6) is 5.75 Å². The van der Waals surface area contributed by atoms with Crippen LogP contribution in [-0.2, 0) is 16.8 Å². The Bertz CT molecular complexity index is 742. The predicted octanol–water partition coefficient (Wildman–Crippen LogP) is 2.49. The highest BCUT2D eigenvalue weighted by Gasteiger charge is 2.16. The summed E-state index contributed by atoms with van der Waals surface area (Å²) in [5.74, 6) is -0.364. The summed E-state index contributed by atoms with van der Waals surface area (Å²) in [6.07, 6.45) is 1.55. The first kappa shape index (κ1) is 15.8. The maximum Gasteiger partial charge on any atom is 0.250 e. The molecule has 0 saturated heterocycles. The molecule has 0 aliphatic carbocycles. The SMILES string of the molecule is CC(C)(C)c1ccc(O)c(NC(=O)Cn2ccccc2=O)c1. The molecule has 0 spiro atoms. The summed E-state index contributed by atoms with van der Waals surface area (Å²) < 4.78 is 1.31. The summed E-state index contributed by atoms with van der Waals surface area (Å²) in [7, 11) is 0. The Kier molecular flexibility index (Phi) is 4.35. The first-order chi connectivity index (χ1) is 10.3. The molecule has 0 aliphatic heterocycles. The fourth-order valence-electron chi connectivity index (χ4n) is 2.04. The molecule has 1 aromatic heterocycles. The lowest BCUT2D eigenvalue weighted by atomic mass is 9.87. The number of carbonyl (C=O) groups is 1. The monoisotopic (exact) mass is 300 g/mol. The highest BCUT2D eigenvalue weighted by molar-refractivity contribution is 5.92. The molecule has 0 aliphatic rings. The van der Waals surface area contributed by atoms with E-state index in [4.69, 9.17) is 0 Å². The second kappa shape index (κ2) is 6.05. The van der Waals surface area contributed by atoms with Gasteiger partial charge in [0, 0.05) is 12.3 Å². The van der Waals surface area contributed by atoms with Crippen molar-refractivity contribution < 1.29 is 9.90 Å². The smallest absolute Gasteiger partial charge is 0.250 e. The van der Waals surface area contributed by atoms with Crippen LogP contribution in [0.1, 0.15) is 26.3 Å². The van der Waals surface area contributed by atoms with Gasteiger partial charge in [0.25, 0.3) is 5.56 Å². The molecule has 1 amide bonds. The number of phenolic OH excluding ortho intramolecular Hbond substituents is 1. The van der Waals surface area contributed by atoms with Gasteiger partial charge >= 0.3 is 0 Å². The zero-order valence-corrected chi connectivity index (χ0v) is 13.0. The van der Waals surface area contributed by atoms with Crippen LogP contribution in [0.2, 0.25) is 0 Å². The molecule has 116 valence electrons. The maximum absolute atomic E-state index is 12.1. The van der Waals surface area contributed by atoms with Crippen LogP contribution in [0.3, 0.4) is 0 Å². The van der Waals surface area contributed by atoms with Crippen molar-refractivity contribution >= 4 is 11.6 Å². The average Bonchev–Trinajstić information content (AvgIpc) is 2.42. The van der Waals surface area contributed by atoms with Gasteiger partial charge in [0.05, 0.1) is 5.69 Å². The molecule has 0 radical (unpaired) electrons. The molecule has 2 N–H and O–H groups in total. The third-order valence-electron chi connectivity index (χ3n) is 3.35. The zero-order chi connectivity index (χ0) is 16.3. The van der Waals surface area contributed by atoms with Crippen LogP contribution < -0.4 is 10.9 Å². The molecule has 0 fully saturated rings. The van der Waals surface area contributed by atoms with Gasteiger partial charge in [0.15, 0.2) is 0 Å². The second-order valence-electron chi connectivity index (χ2n) is 6.20. The van der Waals surface area contributed by atoms with Crippen molar-refractivity contribution in [2.45, 2.75) is 32.7 Å². The molecule has 0 atom stereocenters. The number of benzene rings is 1. The fraction of sp³-hybridized carbons (Fsp3) is 0.294. The van der Waals surface area contributed by atoms with E-state index in [0.29, 0.717) is 5.69 Å². The number of nitrogens with one attached hydrogen (secondary N) is 1. The van der Waals surface area contributed by atoms with Crippen LogP contribution in [0, 0.1) is 0 Å².